The van der Waals surface area contributed by atoms with Gasteiger partial charge >= 0.3 is 0 Å². The monoisotopic (exact) mass is 462 g/mol. The molecule has 0 saturated heterocycles. The summed E-state index contributed by atoms with van der Waals surface area (Å²) in [4.78, 5) is 25.4. The maximum Gasteiger partial charge on any atom is 0.229 e. The second-order valence-corrected chi connectivity index (χ2v) is 8.78. The van der Waals surface area contributed by atoms with Gasteiger partial charge in [0.1, 0.15) is 6.10 Å². The number of fused-ring (bicyclic) bond motifs is 2. The normalized spacial score (nSPS) is 29.1. The summed E-state index contributed by atoms with van der Waals surface area (Å²) in [6.45, 7) is 0.447. The van der Waals surface area contributed by atoms with Gasteiger partial charge in [0.05, 0.1) is 23.9 Å². The van der Waals surface area contributed by atoms with Gasteiger partial charge in [-0.25, -0.2) is 4.98 Å². The maximum absolute atomic E-state index is 12.4. The molecule has 2 fully saturated rings. The standard InChI is InChI=1S/C20H20Cl2N6O3/c1-23-18(31)20-6-11(20)13(14(29)15(20)30)28-8-25-12-16(26-19(22)27-17(12)28)24-7-9-3-2-4-10(21)5-9/h2-5,8,11,13-15,29-30H,6-7H2,1H3,(H,23,31)(H,24,26,27)/t11-,13+,14+,15+,20+/m1/s1. The number of nitrogens with zero attached hydrogens (tertiary/aromatic N) is 4. The van der Waals surface area contributed by atoms with E-state index in [1.54, 1.807) is 17.0 Å². The van der Waals surface area contributed by atoms with Gasteiger partial charge < -0.3 is 25.4 Å². The molecule has 11 heteroatoms. The Balaban J connectivity index is 1.49. The van der Waals surface area contributed by atoms with Crippen LogP contribution in [0.15, 0.2) is 30.6 Å². The predicted molar refractivity (Wildman–Crippen MR) is 115 cm³/mol. The summed E-state index contributed by atoms with van der Waals surface area (Å²) in [6.07, 6.45) is -0.282. The van der Waals surface area contributed by atoms with Crippen LogP contribution >= 0.6 is 23.2 Å². The van der Waals surface area contributed by atoms with Gasteiger partial charge in [0.15, 0.2) is 17.0 Å². The first-order valence-electron chi connectivity index (χ1n) is 9.83. The van der Waals surface area contributed by atoms with Crippen LogP contribution in [0, 0.1) is 11.3 Å². The molecule has 1 amide bonds. The van der Waals surface area contributed by atoms with Crippen molar-refractivity contribution >= 4 is 46.1 Å². The van der Waals surface area contributed by atoms with E-state index in [1.807, 2.05) is 18.2 Å². The van der Waals surface area contributed by atoms with Crippen LogP contribution in [0.2, 0.25) is 10.3 Å². The van der Waals surface area contributed by atoms with Crippen LogP contribution in [0.25, 0.3) is 11.2 Å². The summed E-state index contributed by atoms with van der Waals surface area (Å²) in [5, 5.41) is 27.8. The number of imidazole rings is 1. The summed E-state index contributed by atoms with van der Waals surface area (Å²) in [5.41, 5.74) is 0.869. The molecule has 5 atom stereocenters. The van der Waals surface area contributed by atoms with Gasteiger partial charge in [-0.3, -0.25) is 4.79 Å². The van der Waals surface area contributed by atoms with Gasteiger partial charge in [-0.15, -0.1) is 0 Å². The van der Waals surface area contributed by atoms with Crippen molar-refractivity contribution in [1.82, 2.24) is 24.8 Å². The van der Waals surface area contributed by atoms with Crippen molar-refractivity contribution in [2.45, 2.75) is 31.2 Å². The van der Waals surface area contributed by atoms with E-state index >= 15 is 0 Å². The Hall–Kier alpha value is -2.46. The first-order chi connectivity index (χ1) is 14.9. The van der Waals surface area contributed by atoms with Crippen LogP contribution in [-0.2, 0) is 11.3 Å². The number of halogens is 2. The number of aliphatic hydroxyl groups is 2. The third kappa shape index (κ3) is 3.07. The second kappa shape index (κ2) is 7.30. The Kier molecular flexibility index (Phi) is 4.82. The van der Waals surface area contributed by atoms with Crippen LogP contribution < -0.4 is 10.6 Å². The van der Waals surface area contributed by atoms with Gasteiger partial charge in [-0.2, -0.15) is 9.97 Å². The molecule has 9 nitrogen and oxygen atoms in total. The highest BCUT2D eigenvalue weighted by Gasteiger charge is 2.75. The minimum absolute atomic E-state index is 0.0178. The van der Waals surface area contributed by atoms with Gasteiger partial charge in [0.25, 0.3) is 0 Å². The van der Waals surface area contributed by atoms with E-state index in [1.165, 1.54) is 7.05 Å². The van der Waals surface area contributed by atoms with E-state index in [2.05, 4.69) is 25.6 Å². The van der Waals surface area contributed by atoms with Gasteiger partial charge in [0, 0.05) is 24.5 Å². The first kappa shape index (κ1) is 20.4. The molecule has 5 rings (SSSR count). The zero-order chi connectivity index (χ0) is 21.9. The third-order valence-electron chi connectivity index (χ3n) is 6.39. The Labute approximate surface area is 187 Å². The molecule has 2 aliphatic carbocycles. The zero-order valence-corrected chi connectivity index (χ0v) is 18.0. The number of aromatic nitrogens is 4. The Morgan fingerprint density at radius 3 is 2.87 bits per heavy atom. The van der Waals surface area contributed by atoms with E-state index in [-0.39, 0.29) is 17.1 Å². The number of aliphatic hydroxyl groups excluding tert-OH is 2. The Bertz CT molecular complexity index is 1190. The molecule has 31 heavy (non-hydrogen) atoms. The molecule has 162 valence electrons. The van der Waals surface area contributed by atoms with Crippen LogP contribution in [0.3, 0.4) is 0 Å². The number of rotatable bonds is 5. The molecular weight excluding hydrogens is 443 g/mol. The molecule has 0 aliphatic heterocycles. The summed E-state index contributed by atoms with van der Waals surface area (Å²) < 4.78 is 1.68. The van der Waals surface area contributed by atoms with Crippen molar-refractivity contribution in [2.75, 3.05) is 12.4 Å². The van der Waals surface area contributed by atoms with E-state index < -0.39 is 23.7 Å². The molecule has 4 N–H and O–H groups in total. The lowest BCUT2D eigenvalue weighted by Gasteiger charge is -2.23. The quantitative estimate of drug-likeness (QED) is 0.425. The van der Waals surface area contributed by atoms with Crippen LogP contribution in [-0.4, -0.2) is 54.9 Å². The maximum atomic E-state index is 12.4. The average molecular weight is 463 g/mol. The van der Waals surface area contributed by atoms with Crippen LogP contribution in [0.5, 0.6) is 0 Å². The van der Waals surface area contributed by atoms with Crippen molar-refractivity contribution in [1.29, 1.82) is 0 Å². The molecular formula is C20H20Cl2N6O3. The molecule has 2 saturated carbocycles. The lowest BCUT2D eigenvalue weighted by atomic mass is 9.98. The number of amides is 1. The zero-order valence-electron chi connectivity index (χ0n) is 16.5. The molecule has 0 bridgehead atoms. The number of hydrogen-bond acceptors (Lipinski definition) is 7. The molecule has 1 aromatic carbocycles. The van der Waals surface area contributed by atoms with Gasteiger partial charge in [0.2, 0.25) is 11.2 Å². The molecule has 0 spiro atoms. The van der Waals surface area contributed by atoms with Crippen LogP contribution in [0.4, 0.5) is 5.82 Å². The summed E-state index contributed by atoms with van der Waals surface area (Å²) >= 11 is 12.2. The number of carbonyl (C=O) groups is 1. The SMILES string of the molecule is CNC(=O)[C@@]12C[C@@H]1[C@H](n1cnc3c(NCc4cccc(Cl)c4)nc(Cl)nc31)[C@H](O)[C@@H]2O. The topological polar surface area (TPSA) is 125 Å². The summed E-state index contributed by atoms with van der Waals surface area (Å²) in [7, 11) is 1.52. The van der Waals surface area contributed by atoms with Crippen molar-refractivity contribution < 1.29 is 15.0 Å². The van der Waals surface area contributed by atoms with Crippen molar-refractivity contribution in [3.63, 3.8) is 0 Å². The van der Waals surface area contributed by atoms with Crippen molar-refractivity contribution in [2.24, 2.45) is 11.3 Å². The van der Waals surface area contributed by atoms with E-state index in [4.69, 9.17) is 23.2 Å². The van der Waals surface area contributed by atoms with Crippen molar-refractivity contribution in [3.05, 3.63) is 46.5 Å². The molecule has 3 aromatic rings. The van der Waals surface area contributed by atoms with Gasteiger partial charge in [-0.1, -0.05) is 23.7 Å². The summed E-state index contributed by atoms with van der Waals surface area (Å²) in [6, 6.07) is 6.88. The average Bonchev–Trinajstić information content (AvgIpc) is 3.29. The van der Waals surface area contributed by atoms with Gasteiger partial charge in [-0.05, 0) is 35.7 Å². The molecule has 2 aliphatic rings. The fourth-order valence-corrected chi connectivity index (χ4v) is 5.23. The number of carbonyl (C=O) groups excluding carboxylic acids is 1. The minimum Gasteiger partial charge on any atom is -0.389 e. The van der Waals surface area contributed by atoms with Crippen LogP contribution in [0.1, 0.15) is 18.0 Å². The largest absolute Gasteiger partial charge is 0.389 e. The molecule has 2 aromatic heterocycles. The number of nitrogens with one attached hydrogen (secondary N) is 2. The number of benzene rings is 1. The van der Waals surface area contributed by atoms with E-state index in [0.717, 1.165) is 5.56 Å². The number of hydrogen-bond donors (Lipinski definition) is 4. The lowest BCUT2D eigenvalue weighted by Crippen LogP contribution is -2.41. The molecule has 2 heterocycles. The Morgan fingerprint density at radius 2 is 2.13 bits per heavy atom. The highest BCUT2D eigenvalue weighted by atomic mass is 35.5. The van der Waals surface area contributed by atoms with E-state index in [0.29, 0.717) is 35.0 Å². The fraction of sp³-hybridized carbons (Fsp3) is 0.400. The Morgan fingerprint density at radius 1 is 1.32 bits per heavy atom. The lowest BCUT2D eigenvalue weighted by molar-refractivity contribution is -0.132. The first-order valence-corrected chi connectivity index (χ1v) is 10.6. The third-order valence-corrected chi connectivity index (χ3v) is 6.79. The minimum atomic E-state index is -1.17. The van der Waals surface area contributed by atoms with E-state index in [9.17, 15) is 15.0 Å². The highest BCUT2D eigenvalue weighted by molar-refractivity contribution is 6.30. The summed E-state index contributed by atoms with van der Waals surface area (Å²) in [5.74, 6) is -0.0610. The number of anilines is 1. The van der Waals surface area contributed by atoms with Crippen molar-refractivity contribution in [3.8, 4) is 0 Å². The molecule has 0 unspecified atom stereocenters. The smallest absolute Gasteiger partial charge is 0.229 e. The highest BCUT2D eigenvalue weighted by Crippen LogP contribution is 2.67. The predicted octanol–water partition coefficient (Wildman–Crippen LogP) is 1.77. The fourth-order valence-electron chi connectivity index (χ4n) is 4.85. The second-order valence-electron chi connectivity index (χ2n) is 8.00. The molecule has 0 radical (unpaired) electrons.